The van der Waals surface area contributed by atoms with E-state index in [0.717, 1.165) is 22.5 Å². The summed E-state index contributed by atoms with van der Waals surface area (Å²) >= 11 is 6.22. The van der Waals surface area contributed by atoms with Gasteiger partial charge in [-0.2, -0.15) is 5.10 Å². The third kappa shape index (κ3) is 5.20. The van der Waals surface area contributed by atoms with Crippen LogP contribution in [0.5, 0.6) is 0 Å². The van der Waals surface area contributed by atoms with Crippen LogP contribution in [0.3, 0.4) is 0 Å². The minimum atomic E-state index is -0.831. The van der Waals surface area contributed by atoms with Gasteiger partial charge in [-0.3, -0.25) is 9.48 Å². The molecule has 0 bridgehead atoms. The molecule has 0 saturated heterocycles. The fourth-order valence-electron chi connectivity index (χ4n) is 2.67. The van der Waals surface area contributed by atoms with Crippen molar-refractivity contribution in [2.24, 2.45) is 0 Å². The van der Waals surface area contributed by atoms with Crippen molar-refractivity contribution in [3.05, 3.63) is 57.9 Å². The largest absolute Gasteiger partial charge is 0.449 e. The fraction of sp³-hybridized carbons (Fsp3) is 0.350. The zero-order chi connectivity index (χ0) is 20.1. The average Bonchev–Trinajstić information content (AvgIpc) is 2.87. The number of ether oxygens (including phenoxy) is 1. The maximum Gasteiger partial charge on any atom is 0.331 e. The minimum Gasteiger partial charge on any atom is -0.449 e. The number of aryl methyl sites for hydroxylation is 1. The maximum absolute atomic E-state index is 12.0. The highest BCUT2D eigenvalue weighted by molar-refractivity contribution is 6.31. The first-order valence-corrected chi connectivity index (χ1v) is 8.95. The Morgan fingerprint density at radius 2 is 1.96 bits per heavy atom. The highest BCUT2D eigenvalue weighted by atomic mass is 35.5. The van der Waals surface area contributed by atoms with Crippen LogP contribution in [0.1, 0.15) is 29.4 Å². The molecule has 0 fully saturated rings. The van der Waals surface area contributed by atoms with Gasteiger partial charge in [0, 0.05) is 36.5 Å². The van der Waals surface area contributed by atoms with E-state index in [2.05, 4.69) is 5.10 Å². The van der Waals surface area contributed by atoms with Gasteiger partial charge in [0.15, 0.2) is 6.10 Å². The Morgan fingerprint density at radius 3 is 2.59 bits per heavy atom. The van der Waals surface area contributed by atoms with Crippen molar-refractivity contribution in [3.63, 3.8) is 0 Å². The van der Waals surface area contributed by atoms with Gasteiger partial charge in [-0.1, -0.05) is 29.8 Å². The van der Waals surface area contributed by atoms with Crippen molar-refractivity contribution in [2.75, 3.05) is 14.1 Å². The summed E-state index contributed by atoms with van der Waals surface area (Å²) in [7, 11) is 3.23. The maximum atomic E-state index is 12.0. The Kier molecular flexibility index (Phi) is 6.80. The molecule has 0 aliphatic carbocycles. The molecule has 7 heteroatoms. The van der Waals surface area contributed by atoms with E-state index in [1.807, 2.05) is 42.8 Å². The van der Waals surface area contributed by atoms with Crippen LogP contribution in [0.4, 0.5) is 0 Å². The number of aromatic nitrogens is 2. The van der Waals surface area contributed by atoms with E-state index in [1.54, 1.807) is 27.1 Å². The van der Waals surface area contributed by atoms with Crippen LogP contribution in [0, 0.1) is 13.8 Å². The van der Waals surface area contributed by atoms with E-state index in [4.69, 9.17) is 16.3 Å². The van der Waals surface area contributed by atoms with Crippen LogP contribution in [0.25, 0.3) is 6.08 Å². The van der Waals surface area contributed by atoms with E-state index in [0.29, 0.717) is 11.6 Å². The summed E-state index contributed by atoms with van der Waals surface area (Å²) in [6.45, 7) is 5.89. The fourth-order valence-corrected chi connectivity index (χ4v) is 2.87. The lowest BCUT2D eigenvalue weighted by molar-refractivity contribution is -0.153. The normalized spacial score (nSPS) is 12.2. The van der Waals surface area contributed by atoms with Crippen LogP contribution in [-0.2, 0) is 20.9 Å². The molecule has 1 amide bonds. The summed E-state index contributed by atoms with van der Waals surface area (Å²) in [4.78, 5) is 25.1. The van der Waals surface area contributed by atoms with Crippen molar-refractivity contribution in [2.45, 2.75) is 33.4 Å². The van der Waals surface area contributed by atoms with Crippen molar-refractivity contribution < 1.29 is 14.3 Å². The number of halogens is 1. The van der Waals surface area contributed by atoms with Crippen LogP contribution in [-0.4, -0.2) is 46.8 Å². The summed E-state index contributed by atoms with van der Waals surface area (Å²) in [5.74, 6) is -0.841. The number of benzene rings is 1. The first kappa shape index (κ1) is 20.7. The molecule has 0 aliphatic rings. The van der Waals surface area contributed by atoms with Gasteiger partial charge in [-0.25, -0.2) is 4.79 Å². The van der Waals surface area contributed by atoms with Crippen LogP contribution in [0.2, 0.25) is 5.02 Å². The van der Waals surface area contributed by atoms with E-state index in [1.165, 1.54) is 11.0 Å². The molecule has 0 saturated carbocycles. The summed E-state index contributed by atoms with van der Waals surface area (Å²) in [5.41, 5.74) is 3.51. The molecule has 1 aromatic carbocycles. The summed E-state index contributed by atoms with van der Waals surface area (Å²) in [6.07, 6.45) is 2.15. The second kappa shape index (κ2) is 8.86. The Labute approximate surface area is 164 Å². The molecular formula is C20H24ClN3O3. The molecule has 1 aromatic heterocycles. The SMILES string of the molecule is Cc1nn(Cc2ccccc2Cl)c(C)c1/C=C/C(=O)O[C@H](C)C(=O)N(C)C. The predicted molar refractivity (Wildman–Crippen MR) is 106 cm³/mol. The molecule has 0 spiro atoms. The number of amides is 1. The van der Waals surface area contributed by atoms with Crippen molar-refractivity contribution in [1.82, 2.24) is 14.7 Å². The number of esters is 1. The summed E-state index contributed by atoms with van der Waals surface area (Å²) < 4.78 is 6.98. The monoisotopic (exact) mass is 389 g/mol. The van der Waals surface area contributed by atoms with Crippen LogP contribution in [0.15, 0.2) is 30.3 Å². The number of hydrogen-bond donors (Lipinski definition) is 0. The lowest BCUT2D eigenvalue weighted by atomic mass is 10.1. The molecule has 0 N–H and O–H groups in total. The molecule has 27 heavy (non-hydrogen) atoms. The van der Waals surface area contributed by atoms with Crippen LogP contribution < -0.4 is 0 Å². The van der Waals surface area contributed by atoms with Gasteiger partial charge in [0.1, 0.15) is 0 Å². The third-order valence-electron chi connectivity index (χ3n) is 4.18. The molecule has 2 rings (SSSR count). The van der Waals surface area contributed by atoms with Gasteiger partial charge >= 0.3 is 5.97 Å². The predicted octanol–water partition coefficient (Wildman–Crippen LogP) is 3.23. The van der Waals surface area contributed by atoms with E-state index >= 15 is 0 Å². The topological polar surface area (TPSA) is 64.4 Å². The van der Waals surface area contributed by atoms with Crippen molar-refractivity contribution in [1.29, 1.82) is 0 Å². The number of likely N-dealkylation sites (N-methyl/N-ethyl adjacent to an activating group) is 1. The lowest BCUT2D eigenvalue weighted by Gasteiger charge is -2.16. The molecule has 2 aromatic rings. The second-order valence-electron chi connectivity index (χ2n) is 6.48. The number of carbonyl (C=O) groups is 2. The zero-order valence-electron chi connectivity index (χ0n) is 16.2. The van der Waals surface area contributed by atoms with Gasteiger partial charge in [0.05, 0.1) is 12.2 Å². The first-order valence-electron chi connectivity index (χ1n) is 8.58. The van der Waals surface area contributed by atoms with Gasteiger partial charge in [0.25, 0.3) is 5.91 Å². The molecule has 1 heterocycles. The Balaban J connectivity index is 2.12. The van der Waals surface area contributed by atoms with Gasteiger partial charge in [-0.05, 0) is 38.5 Å². The molecule has 0 unspecified atom stereocenters. The summed E-state index contributed by atoms with van der Waals surface area (Å²) in [5, 5.41) is 5.22. The quantitative estimate of drug-likeness (QED) is 0.562. The minimum absolute atomic E-state index is 0.267. The highest BCUT2D eigenvalue weighted by Gasteiger charge is 2.18. The Hall–Kier alpha value is -2.60. The number of nitrogens with zero attached hydrogens (tertiary/aromatic N) is 3. The second-order valence-corrected chi connectivity index (χ2v) is 6.89. The van der Waals surface area contributed by atoms with Gasteiger partial charge in [0.2, 0.25) is 0 Å². The highest BCUT2D eigenvalue weighted by Crippen LogP contribution is 2.20. The zero-order valence-corrected chi connectivity index (χ0v) is 16.9. The average molecular weight is 390 g/mol. The standard InChI is InChI=1S/C20H24ClN3O3/c1-13-17(10-11-19(25)27-15(3)20(26)23(4)5)14(2)24(22-13)12-16-8-6-7-9-18(16)21/h6-11,15H,12H2,1-5H3/b11-10+/t15-/m1/s1. The smallest absolute Gasteiger partial charge is 0.331 e. The van der Waals surface area contributed by atoms with Gasteiger partial charge < -0.3 is 9.64 Å². The Morgan fingerprint density at radius 1 is 1.30 bits per heavy atom. The van der Waals surface area contributed by atoms with E-state index in [-0.39, 0.29) is 5.91 Å². The number of hydrogen-bond acceptors (Lipinski definition) is 4. The molecule has 1 atom stereocenters. The third-order valence-corrected chi connectivity index (χ3v) is 4.55. The summed E-state index contributed by atoms with van der Waals surface area (Å²) in [6, 6.07) is 7.61. The van der Waals surface area contributed by atoms with Crippen LogP contribution >= 0.6 is 11.6 Å². The number of carbonyl (C=O) groups excluding carboxylic acids is 2. The van der Waals surface area contributed by atoms with E-state index in [9.17, 15) is 9.59 Å². The molecule has 0 aliphatic heterocycles. The molecule has 6 nitrogen and oxygen atoms in total. The van der Waals surface area contributed by atoms with Crippen molar-refractivity contribution in [3.8, 4) is 0 Å². The van der Waals surface area contributed by atoms with E-state index < -0.39 is 12.1 Å². The lowest BCUT2D eigenvalue weighted by Crippen LogP contribution is -2.34. The van der Waals surface area contributed by atoms with Crippen molar-refractivity contribution >= 4 is 29.6 Å². The number of rotatable bonds is 6. The molecule has 144 valence electrons. The van der Waals surface area contributed by atoms with Gasteiger partial charge in [-0.15, -0.1) is 0 Å². The Bertz CT molecular complexity index is 871. The first-order chi connectivity index (χ1) is 12.7. The molecule has 0 radical (unpaired) electrons. The molecular weight excluding hydrogens is 366 g/mol.